The molecule has 5 atom stereocenters. The topological polar surface area (TPSA) is 43.4 Å². The second kappa shape index (κ2) is 3.06. The molecule has 0 spiro atoms. The Hall–Kier alpha value is -0.860. The van der Waals surface area contributed by atoms with E-state index in [1.165, 1.54) is 6.42 Å². The number of ether oxygens (including phenoxy) is 1. The molecule has 0 saturated heterocycles. The highest BCUT2D eigenvalue weighted by Crippen LogP contribution is 2.69. The molecular formula is C12H16O3. The van der Waals surface area contributed by atoms with Crippen LogP contribution in [0.3, 0.4) is 0 Å². The minimum absolute atomic E-state index is 0.00204. The number of ketones is 1. The van der Waals surface area contributed by atoms with Crippen LogP contribution in [0.1, 0.15) is 26.2 Å². The molecule has 0 aromatic rings. The molecule has 0 aromatic heterocycles. The van der Waals surface area contributed by atoms with Crippen molar-refractivity contribution in [2.24, 2.45) is 29.6 Å². The summed E-state index contributed by atoms with van der Waals surface area (Å²) in [6, 6.07) is 0. The van der Waals surface area contributed by atoms with Crippen molar-refractivity contribution in [1.82, 2.24) is 0 Å². The molecule has 3 fully saturated rings. The van der Waals surface area contributed by atoms with Crippen molar-refractivity contribution < 1.29 is 14.3 Å². The maximum absolute atomic E-state index is 11.9. The third-order valence-corrected chi connectivity index (χ3v) is 4.46. The zero-order chi connectivity index (χ0) is 10.6. The van der Waals surface area contributed by atoms with E-state index in [2.05, 4.69) is 0 Å². The molecule has 82 valence electrons. The highest BCUT2D eigenvalue weighted by Gasteiger charge is 2.69. The van der Waals surface area contributed by atoms with E-state index in [1.54, 1.807) is 6.92 Å². The second-order valence-electron chi connectivity index (χ2n) is 5.03. The largest absolute Gasteiger partial charge is 0.466 e. The van der Waals surface area contributed by atoms with Crippen LogP contribution in [0, 0.1) is 29.6 Å². The normalized spacial score (nSPS) is 45.4. The summed E-state index contributed by atoms with van der Waals surface area (Å²) in [4.78, 5) is 23.3. The van der Waals surface area contributed by atoms with Gasteiger partial charge in [-0.15, -0.1) is 0 Å². The number of hydrogen-bond acceptors (Lipinski definition) is 3. The Morgan fingerprint density at radius 1 is 1.40 bits per heavy atom. The molecule has 3 aliphatic rings. The first kappa shape index (κ1) is 9.37. The van der Waals surface area contributed by atoms with Crippen LogP contribution >= 0.6 is 0 Å². The molecule has 0 bridgehead atoms. The lowest BCUT2D eigenvalue weighted by Crippen LogP contribution is -2.22. The highest BCUT2D eigenvalue weighted by molar-refractivity contribution is 5.93. The van der Waals surface area contributed by atoms with Gasteiger partial charge in [0.05, 0.1) is 13.0 Å². The van der Waals surface area contributed by atoms with Crippen LogP contribution in [-0.4, -0.2) is 18.4 Å². The van der Waals surface area contributed by atoms with Gasteiger partial charge in [-0.2, -0.15) is 0 Å². The Morgan fingerprint density at radius 2 is 2.13 bits per heavy atom. The van der Waals surface area contributed by atoms with Gasteiger partial charge in [0.25, 0.3) is 0 Å². The molecule has 3 nitrogen and oxygen atoms in total. The van der Waals surface area contributed by atoms with Crippen molar-refractivity contribution in [3.63, 3.8) is 0 Å². The molecule has 3 rings (SSSR count). The Bertz CT molecular complexity index is 323. The number of fused-ring (bicyclic) bond motifs is 1. The molecule has 0 aliphatic heterocycles. The van der Waals surface area contributed by atoms with Gasteiger partial charge in [-0.1, -0.05) is 0 Å². The van der Waals surface area contributed by atoms with Gasteiger partial charge in [-0.05, 0) is 37.5 Å². The summed E-state index contributed by atoms with van der Waals surface area (Å²) in [5, 5.41) is 0. The Balaban J connectivity index is 1.67. The lowest BCUT2D eigenvalue weighted by molar-refractivity contribution is -0.146. The van der Waals surface area contributed by atoms with Crippen LogP contribution in [0.15, 0.2) is 0 Å². The molecular weight excluding hydrogens is 192 g/mol. The zero-order valence-electron chi connectivity index (χ0n) is 8.94. The van der Waals surface area contributed by atoms with Crippen molar-refractivity contribution >= 4 is 11.8 Å². The van der Waals surface area contributed by atoms with Gasteiger partial charge in [0.15, 0.2) is 0 Å². The molecule has 3 heteroatoms. The average Bonchev–Trinajstić information content (AvgIpc) is 2.70. The van der Waals surface area contributed by atoms with Gasteiger partial charge in [0, 0.05) is 11.8 Å². The third kappa shape index (κ3) is 1.18. The van der Waals surface area contributed by atoms with Gasteiger partial charge in [-0.25, -0.2) is 0 Å². The smallest absolute Gasteiger partial charge is 0.306 e. The number of hydrogen-bond donors (Lipinski definition) is 0. The minimum Gasteiger partial charge on any atom is -0.466 e. The fraction of sp³-hybridized carbons (Fsp3) is 0.833. The number of rotatable bonds is 3. The van der Waals surface area contributed by atoms with Gasteiger partial charge in [0.1, 0.15) is 5.78 Å². The predicted octanol–water partition coefficient (Wildman–Crippen LogP) is 1.41. The third-order valence-electron chi connectivity index (χ3n) is 4.46. The summed E-state index contributed by atoms with van der Waals surface area (Å²) in [5.41, 5.74) is 0. The maximum atomic E-state index is 11.9. The molecule has 0 amide bonds. The van der Waals surface area contributed by atoms with E-state index in [4.69, 9.17) is 4.74 Å². The second-order valence-corrected chi connectivity index (χ2v) is 5.03. The van der Waals surface area contributed by atoms with E-state index >= 15 is 0 Å². The van der Waals surface area contributed by atoms with Gasteiger partial charge < -0.3 is 4.74 Å². The summed E-state index contributed by atoms with van der Waals surface area (Å²) in [5.74, 6) is 2.36. The molecule has 0 radical (unpaired) electrons. The Morgan fingerprint density at radius 3 is 2.80 bits per heavy atom. The lowest BCUT2D eigenvalue weighted by atomic mass is 9.89. The first-order chi connectivity index (χ1) is 7.24. The van der Waals surface area contributed by atoms with Crippen molar-refractivity contribution in [2.45, 2.75) is 26.2 Å². The van der Waals surface area contributed by atoms with Crippen LogP contribution in [0.4, 0.5) is 0 Å². The molecule has 3 saturated carbocycles. The molecule has 0 aromatic carbocycles. The average molecular weight is 208 g/mol. The van der Waals surface area contributed by atoms with Gasteiger partial charge in [0.2, 0.25) is 0 Å². The highest BCUT2D eigenvalue weighted by atomic mass is 16.5. The van der Waals surface area contributed by atoms with Crippen LogP contribution in [0.5, 0.6) is 0 Å². The Labute approximate surface area is 89.2 Å². The SMILES string of the molecule is CCOC(=O)C[C@@H]1C(=O)C2C3CC[C@@H]1[C@H]32. The van der Waals surface area contributed by atoms with Crippen LogP contribution in [0.2, 0.25) is 0 Å². The maximum Gasteiger partial charge on any atom is 0.306 e. The molecule has 2 unspecified atom stereocenters. The van der Waals surface area contributed by atoms with Crippen molar-refractivity contribution in [1.29, 1.82) is 0 Å². The first-order valence-electron chi connectivity index (χ1n) is 5.93. The number of esters is 1. The zero-order valence-corrected chi connectivity index (χ0v) is 8.94. The quantitative estimate of drug-likeness (QED) is 0.659. The van der Waals surface area contributed by atoms with Crippen molar-refractivity contribution in [2.75, 3.05) is 6.61 Å². The van der Waals surface area contributed by atoms with E-state index in [9.17, 15) is 9.59 Å². The lowest BCUT2D eigenvalue weighted by Gasteiger charge is -2.15. The first-order valence-corrected chi connectivity index (χ1v) is 5.93. The fourth-order valence-electron chi connectivity index (χ4n) is 3.91. The number of carbonyl (C=O) groups is 2. The molecule has 0 N–H and O–H groups in total. The van der Waals surface area contributed by atoms with E-state index in [1.807, 2.05) is 0 Å². The van der Waals surface area contributed by atoms with E-state index < -0.39 is 0 Å². The number of Topliss-reactive ketones (excluding diaryl/α,β-unsaturated/α-hetero) is 1. The Kier molecular flexibility index (Phi) is 1.91. The molecule has 3 aliphatic carbocycles. The monoisotopic (exact) mass is 208 g/mol. The molecule has 15 heavy (non-hydrogen) atoms. The van der Waals surface area contributed by atoms with E-state index in [0.29, 0.717) is 42.5 Å². The summed E-state index contributed by atoms with van der Waals surface area (Å²) >= 11 is 0. The molecule has 0 heterocycles. The van der Waals surface area contributed by atoms with E-state index in [-0.39, 0.29) is 11.9 Å². The van der Waals surface area contributed by atoms with Gasteiger partial charge >= 0.3 is 5.97 Å². The van der Waals surface area contributed by atoms with Crippen LogP contribution < -0.4 is 0 Å². The van der Waals surface area contributed by atoms with Crippen LogP contribution in [0.25, 0.3) is 0 Å². The van der Waals surface area contributed by atoms with Crippen LogP contribution in [-0.2, 0) is 14.3 Å². The van der Waals surface area contributed by atoms with Crippen molar-refractivity contribution in [3.05, 3.63) is 0 Å². The summed E-state index contributed by atoms with van der Waals surface area (Å²) in [6.07, 6.45) is 2.70. The fourth-order valence-corrected chi connectivity index (χ4v) is 3.91. The standard InChI is InChI=1S/C12H16O3/c1-2-15-9(13)5-8-6-3-4-7-10(6)11(7)12(8)14/h6-8,10-11H,2-5H2,1H3/t6-,7?,8-,10+,11?/m0/s1. The number of carbonyl (C=O) groups excluding carboxylic acids is 2. The minimum atomic E-state index is -0.194. The predicted molar refractivity (Wildman–Crippen MR) is 52.9 cm³/mol. The summed E-state index contributed by atoms with van der Waals surface area (Å²) in [7, 11) is 0. The van der Waals surface area contributed by atoms with Crippen molar-refractivity contribution in [3.8, 4) is 0 Å². The summed E-state index contributed by atoms with van der Waals surface area (Å²) < 4.78 is 4.92. The van der Waals surface area contributed by atoms with Gasteiger partial charge in [-0.3, -0.25) is 9.59 Å². The summed E-state index contributed by atoms with van der Waals surface area (Å²) in [6.45, 7) is 2.22. The van der Waals surface area contributed by atoms with E-state index in [0.717, 1.165) is 6.42 Å².